The molecule has 62 valence electrons. The molecule has 0 radical (unpaired) electrons. The van der Waals surface area contributed by atoms with Crippen molar-refractivity contribution in [2.45, 2.75) is 19.8 Å². The van der Waals surface area contributed by atoms with Crippen LogP contribution in [0.2, 0.25) is 0 Å². The summed E-state index contributed by atoms with van der Waals surface area (Å²) in [6, 6.07) is 0. The monoisotopic (exact) mass is 187 g/mol. The highest BCUT2D eigenvalue weighted by molar-refractivity contribution is 7.98. The molecule has 1 aromatic rings. The minimum absolute atomic E-state index is 1.14. The van der Waals surface area contributed by atoms with Crippen LogP contribution in [-0.4, -0.2) is 17.0 Å². The maximum Gasteiger partial charge on any atom is 0.0897 e. The van der Waals surface area contributed by atoms with Gasteiger partial charge in [-0.05, 0) is 31.8 Å². The van der Waals surface area contributed by atoms with Crippen LogP contribution in [0.1, 0.15) is 17.1 Å². The second kappa shape index (κ2) is 4.78. The van der Waals surface area contributed by atoms with E-state index in [1.807, 2.05) is 11.8 Å². The molecule has 0 aromatic carbocycles. The van der Waals surface area contributed by atoms with E-state index in [9.17, 15) is 0 Å². The second-order valence-corrected chi connectivity index (χ2v) is 4.50. The van der Waals surface area contributed by atoms with Crippen molar-refractivity contribution in [1.82, 2.24) is 4.98 Å². The fourth-order valence-corrected chi connectivity index (χ4v) is 2.00. The lowest BCUT2D eigenvalue weighted by atomic mass is 10.3. The van der Waals surface area contributed by atoms with Crippen LogP contribution < -0.4 is 0 Å². The van der Waals surface area contributed by atoms with Crippen LogP contribution >= 0.6 is 23.1 Å². The van der Waals surface area contributed by atoms with Crippen LogP contribution in [0.4, 0.5) is 0 Å². The standard InChI is InChI=1S/C8H13NS2/c1-7-9-8(6-11-7)4-3-5-10-2/h6H,3-5H2,1-2H3. The first-order valence-electron chi connectivity index (χ1n) is 3.73. The number of hydrogen-bond donors (Lipinski definition) is 0. The number of aromatic nitrogens is 1. The Morgan fingerprint density at radius 3 is 3.00 bits per heavy atom. The first-order valence-corrected chi connectivity index (χ1v) is 6.00. The molecular formula is C8H13NS2. The average Bonchev–Trinajstić information content (AvgIpc) is 2.37. The molecule has 0 unspecified atom stereocenters. The maximum atomic E-state index is 4.39. The van der Waals surface area contributed by atoms with Gasteiger partial charge in [-0.2, -0.15) is 11.8 Å². The molecule has 1 nitrogen and oxygen atoms in total. The Balaban J connectivity index is 2.27. The van der Waals surface area contributed by atoms with Crippen LogP contribution in [0.3, 0.4) is 0 Å². The first kappa shape index (κ1) is 9.07. The van der Waals surface area contributed by atoms with E-state index in [0.29, 0.717) is 0 Å². The van der Waals surface area contributed by atoms with Gasteiger partial charge in [0.15, 0.2) is 0 Å². The zero-order valence-electron chi connectivity index (χ0n) is 6.96. The first-order chi connectivity index (χ1) is 5.33. The van der Waals surface area contributed by atoms with Gasteiger partial charge in [0, 0.05) is 5.38 Å². The van der Waals surface area contributed by atoms with Crippen LogP contribution in [-0.2, 0) is 6.42 Å². The second-order valence-electron chi connectivity index (χ2n) is 2.45. The molecule has 1 rings (SSSR count). The van der Waals surface area contributed by atoms with E-state index in [1.54, 1.807) is 11.3 Å². The summed E-state index contributed by atoms with van der Waals surface area (Å²) in [6.07, 6.45) is 4.54. The predicted octanol–water partition coefficient (Wildman–Crippen LogP) is 2.75. The summed E-state index contributed by atoms with van der Waals surface area (Å²) in [6.45, 7) is 2.06. The van der Waals surface area contributed by atoms with Gasteiger partial charge in [-0.1, -0.05) is 0 Å². The van der Waals surface area contributed by atoms with E-state index in [0.717, 1.165) is 6.42 Å². The summed E-state index contributed by atoms with van der Waals surface area (Å²) in [4.78, 5) is 4.39. The van der Waals surface area contributed by atoms with Crippen LogP contribution in [0.15, 0.2) is 5.38 Å². The lowest BCUT2D eigenvalue weighted by molar-refractivity contribution is 0.898. The third-order valence-electron chi connectivity index (χ3n) is 1.45. The molecule has 3 heteroatoms. The minimum Gasteiger partial charge on any atom is -0.247 e. The Kier molecular flexibility index (Phi) is 3.94. The molecule has 0 N–H and O–H groups in total. The summed E-state index contributed by atoms with van der Waals surface area (Å²) >= 11 is 3.65. The molecule has 0 aliphatic carbocycles. The molecule has 0 atom stereocenters. The Morgan fingerprint density at radius 2 is 2.45 bits per heavy atom. The SMILES string of the molecule is CSCCCc1csc(C)n1. The van der Waals surface area contributed by atoms with E-state index < -0.39 is 0 Å². The molecule has 11 heavy (non-hydrogen) atoms. The number of nitrogens with zero attached hydrogens (tertiary/aromatic N) is 1. The van der Waals surface area contributed by atoms with Crippen molar-refractivity contribution in [3.8, 4) is 0 Å². The van der Waals surface area contributed by atoms with Gasteiger partial charge in [0.1, 0.15) is 0 Å². The molecule has 0 aliphatic heterocycles. The lowest BCUT2D eigenvalue weighted by Crippen LogP contribution is -1.87. The van der Waals surface area contributed by atoms with E-state index in [1.165, 1.54) is 22.9 Å². The number of aryl methyl sites for hydroxylation is 2. The Bertz CT molecular complexity index is 208. The molecule has 0 bridgehead atoms. The van der Waals surface area contributed by atoms with Gasteiger partial charge in [0.05, 0.1) is 10.7 Å². The third kappa shape index (κ3) is 3.25. The van der Waals surface area contributed by atoms with E-state index in [2.05, 4.69) is 23.5 Å². The van der Waals surface area contributed by atoms with Crippen molar-refractivity contribution >= 4 is 23.1 Å². The minimum atomic E-state index is 1.14. The molecule has 1 heterocycles. The number of thiazole rings is 1. The topological polar surface area (TPSA) is 12.9 Å². The van der Waals surface area contributed by atoms with E-state index >= 15 is 0 Å². The average molecular weight is 187 g/mol. The van der Waals surface area contributed by atoms with Gasteiger partial charge in [0.2, 0.25) is 0 Å². The summed E-state index contributed by atoms with van der Waals surface area (Å²) in [5.41, 5.74) is 1.27. The van der Waals surface area contributed by atoms with Gasteiger partial charge in [-0.3, -0.25) is 0 Å². The van der Waals surface area contributed by atoms with Crippen molar-refractivity contribution in [2.24, 2.45) is 0 Å². The molecule has 0 fully saturated rings. The van der Waals surface area contributed by atoms with Gasteiger partial charge in [-0.15, -0.1) is 11.3 Å². The molecule has 0 spiro atoms. The van der Waals surface area contributed by atoms with Crippen molar-refractivity contribution < 1.29 is 0 Å². The highest BCUT2D eigenvalue weighted by Gasteiger charge is 1.96. The van der Waals surface area contributed by atoms with Crippen molar-refractivity contribution in [3.63, 3.8) is 0 Å². The van der Waals surface area contributed by atoms with Gasteiger partial charge in [-0.25, -0.2) is 4.98 Å². The molecule has 0 saturated carbocycles. The van der Waals surface area contributed by atoms with Crippen molar-refractivity contribution in [2.75, 3.05) is 12.0 Å². The lowest BCUT2D eigenvalue weighted by Gasteiger charge is -1.93. The zero-order valence-corrected chi connectivity index (χ0v) is 8.60. The van der Waals surface area contributed by atoms with Crippen LogP contribution in [0, 0.1) is 6.92 Å². The van der Waals surface area contributed by atoms with Gasteiger partial charge < -0.3 is 0 Å². The molecule has 0 saturated heterocycles. The Hall–Kier alpha value is -0.0200. The smallest absolute Gasteiger partial charge is 0.0897 e. The Morgan fingerprint density at radius 1 is 1.64 bits per heavy atom. The number of rotatable bonds is 4. The van der Waals surface area contributed by atoms with Crippen LogP contribution in [0.5, 0.6) is 0 Å². The molecule has 0 aliphatic rings. The Labute approximate surface area is 76.2 Å². The molecule has 0 amide bonds. The van der Waals surface area contributed by atoms with Crippen LogP contribution in [0.25, 0.3) is 0 Å². The van der Waals surface area contributed by atoms with Gasteiger partial charge >= 0.3 is 0 Å². The summed E-state index contributed by atoms with van der Waals surface area (Å²) in [5, 5.41) is 3.35. The third-order valence-corrected chi connectivity index (χ3v) is 2.97. The summed E-state index contributed by atoms with van der Waals surface area (Å²) in [5.74, 6) is 1.25. The molecular weight excluding hydrogens is 174 g/mol. The largest absolute Gasteiger partial charge is 0.247 e. The van der Waals surface area contributed by atoms with Crippen molar-refractivity contribution in [3.05, 3.63) is 16.1 Å². The van der Waals surface area contributed by atoms with Crippen molar-refractivity contribution in [1.29, 1.82) is 0 Å². The molecule has 1 aromatic heterocycles. The van der Waals surface area contributed by atoms with E-state index in [4.69, 9.17) is 0 Å². The highest BCUT2D eigenvalue weighted by atomic mass is 32.2. The number of thioether (sulfide) groups is 1. The quantitative estimate of drug-likeness (QED) is 0.672. The predicted molar refractivity (Wildman–Crippen MR) is 53.6 cm³/mol. The van der Waals surface area contributed by atoms with E-state index in [-0.39, 0.29) is 0 Å². The highest BCUT2D eigenvalue weighted by Crippen LogP contribution is 2.10. The fourth-order valence-electron chi connectivity index (χ4n) is 0.921. The fraction of sp³-hybridized carbons (Fsp3) is 0.625. The summed E-state index contributed by atoms with van der Waals surface area (Å²) < 4.78 is 0. The van der Waals surface area contributed by atoms with Gasteiger partial charge in [0.25, 0.3) is 0 Å². The normalized spacial score (nSPS) is 10.4. The number of hydrogen-bond acceptors (Lipinski definition) is 3. The summed E-state index contributed by atoms with van der Waals surface area (Å²) in [7, 11) is 0. The maximum absolute atomic E-state index is 4.39. The zero-order chi connectivity index (χ0) is 8.10.